The Morgan fingerprint density at radius 3 is 2.65 bits per heavy atom. The van der Waals surface area contributed by atoms with Gasteiger partial charge in [-0.05, 0) is 45.6 Å². The molecule has 0 aliphatic carbocycles. The van der Waals surface area contributed by atoms with E-state index in [0.29, 0.717) is 24.5 Å². The topological polar surface area (TPSA) is 119 Å². The SMILES string of the molecule is CNC(=O)c1nc(C2(C(C)C)CCCN2)oc1CCC(C)(C)OC(N)=O. The number of nitrogens with zero attached hydrogens (tertiary/aromatic N) is 1. The molecular weight excluding hydrogens is 336 g/mol. The molecule has 1 aromatic rings. The molecule has 1 saturated heterocycles. The molecule has 26 heavy (non-hydrogen) atoms. The Hall–Kier alpha value is -2.09. The van der Waals surface area contributed by atoms with Gasteiger partial charge < -0.3 is 25.5 Å². The molecule has 1 aromatic heterocycles. The van der Waals surface area contributed by atoms with Crippen LogP contribution in [-0.2, 0) is 16.7 Å². The highest BCUT2D eigenvalue weighted by Crippen LogP contribution is 2.38. The molecule has 1 aliphatic rings. The quantitative estimate of drug-likeness (QED) is 0.679. The minimum Gasteiger partial charge on any atom is -0.444 e. The summed E-state index contributed by atoms with van der Waals surface area (Å²) in [5, 5.41) is 6.12. The molecule has 4 N–H and O–H groups in total. The maximum atomic E-state index is 12.3. The number of carbonyl (C=O) groups is 2. The Labute approximate surface area is 154 Å². The molecule has 2 heterocycles. The van der Waals surface area contributed by atoms with Crippen molar-refractivity contribution in [2.45, 2.75) is 64.5 Å². The van der Waals surface area contributed by atoms with Crippen LogP contribution in [0.15, 0.2) is 4.42 Å². The fraction of sp³-hybridized carbons (Fsp3) is 0.722. The lowest BCUT2D eigenvalue weighted by Gasteiger charge is -2.30. The zero-order chi connectivity index (χ0) is 19.5. The van der Waals surface area contributed by atoms with E-state index < -0.39 is 11.7 Å². The van der Waals surface area contributed by atoms with Crippen LogP contribution in [0.5, 0.6) is 0 Å². The molecule has 1 fully saturated rings. The average Bonchev–Trinajstić information content (AvgIpc) is 3.18. The van der Waals surface area contributed by atoms with Gasteiger partial charge >= 0.3 is 6.09 Å². The van der Waals surface area contributed by atoms with Crippen molar-refractivity contribution in [3.8, 4) is 0 Å². The Kier molecular flexibility index (Phi) is 5.95. The summed E-state index contributed by atoms with van der Waals surface area (Å²) in [6.45, 7) is 8.66. The average molecular weight is 366 g/mol. The summed E-state index contributed by atoms with van der Waals surface area (Å²) >= 11 is 0. The van der Waals surface area contributed by atoms with Crippen LogP contribution < -0.4 is 16.4 Å². The molecule has 0 radical (unpaired) electrons. The first kappa shape index (κ1) is 20.2. The summed E-state index contributed by atoms with van der Waals surface area (Å²) in [5.74, 6) is 1.02. The summed E-state index contributed by atoms with van der Waals surface area (Å²) in [7, 11) is 1.56. The first-order chi connectivity index (χ1) is 12.1. The van der Waals surface area contributed by atoms with Crippen LogP contribution in [-0.4, -0.2) is 36.2 Å². The third-order valence-corrected chi connectivity index (χ3v) is 5.03. The predicted octanol–water partition coefficient (Wildman–Crippen LogP) is 2.08. The summed E-state index contributed by atoms with van der Waals surface area (Å²) in [6.07, 6.45) is 1.98. The van der Waals surface area contributed by atoms with Crippen molar-refractivity contribution in [1.29, 1.82) is 0 Å². The minimum absolute atomic E-state index is 0.267. The van der Waals surface area contributed by atoms with Gasteiger partial charge in [-0.15, -0.1) is 0 Å². The molecule has 146 valence electrons. The molecule has 1 unspecified atom stereocenters. The Bertz CT molecular complexity index is 660. The number of ether oxygens (including phenoxy) is 1. The van der Waals surface area contributed by atoms with Crippen LogP contribution in [0.25, 0.3) is 0 Å². The van der Waals surface area contributed by atoms with Crippen molar-refractivity contribution in [3.05, 3.63) is 17.3 Å². The van der Waals surface area contributed by atoms with Crippen LogP contribution in [0.3, 0.4) is 0 Å². The Morgan fingerprint density at radius 2 is 2.15 bits per heavy atom. The van der Waals surface area contributed by atoms with Crippen LogP contribution in [0.4, 0.5) is 4.79 Å². The van der Waals surface area contributed by atoms with E-state index in [2.05, 4.69) is 29.5 Å². The highest BCUT2D eigenvalue weighted by molar-refractivity contribution is 5.93. The lowest BCUT2D eigenvalue weighted by molar-refractivity contribution is 0.0381. The number of nitrogens with one attached hydrogen (secondary N) is 2. The van der Waals surface area contributed by atoms with Crippen molar-refractivity contribution >= 4 is 12.0 Å². The van der Waals surface area contributed by atoms with Crippen LogP contribution in [0, 0.1) is 5.92 Å². The van der Waals surface area contributed by atoms with E-state index in [4.69, 9.17) is 14.9 Å². The molecule has 1 aliphatic heterocycles. The second kappa shape index (κ2) is 7.65. The number of carbonyl (C=O) groups excluding carboxylic acids is 2. The number of amides is 2. The lowest BCUT2D eigenvalue weighted by atomic mass is 9.85. The van der Waals surface area contributed by atoms with E-state index in [-0.39, 0.29) is 23.1 Å². The van der Waals surface area contributed by atoms with Gasteiger partial charge in [0, 0.05) is 13.5 Å². The molecule has 0 bridgehead atoms. The second-order valence-corrected chi connectivity index (χ2v) is 7.71. The van der Waals surface area contributed by atoms with E-state index in [1.54, 1.807) is 20.9 Å². The maximum absolute atomic E-state index is 12.3. The van der Waals surface area contributed by atoms with Crippen molar-refractivity contribution in [2.75, 3.05) is 13.6 Å². The maximum Gasteiger partial charge on any atom is 0.405 e. The number of rotatable bonds is 7. The van der Waals surface area contributed by atoms with Crippen LogP contribution in [0.2, 0.25) is 0 Å². The zero-order valence-electron chi connectivity index (χ0n) is 16.3. The number of hydrogen-bond acceptors (Lipinski definition) is 6. The van der Waals surface area contributed by atoms with Crippen molar-refractivity contribution in [2.24, 2.45) is 11.7 Å². The normalized spacial score (nSPS) is 20.4. The lowest BCUT2D eigenvalue weighted by Crippen LogP contribution is -2.42. The number of aryl methyl sites for hydroxylation is 1. The first-order valence-electron chi connectivity index (χ1n) is 9.07. The van der Waals surface area contributed by atoms with Gasteiger partial charge in [0.1, 0.15) is 11.4 Å². The number of oxazole rings is 1. The molecule has 0 spiro atoms. The van der Waals surface area contributed by atoms with E-state index in [0.717, 1.165) is 19.4 Å². The number of primary amides is 1. The summed E-state index contributed by atoms with van der Waals surface area (Å²) in [4.78, 5) is 27.9. The van der Waals surface area contributed by atoms with Crippen LogP contribution >= 0.6 is 0 Å². The summed E-state index contributed by atoms with van der Waals surface area (Å²) in [5.41, 5.74) is 4.27. The van der Waals surface area contributed by atoms with Gasteiger partial charge in [-0.25, -0.2) is 9.78 Å². The van der Waals surface area contributed by atoms with E-state index in [1.165, 1.54) is 0 Å². The van der Waals surface area contributed by atoms with Crippen molar-refractivity contribution in [1.82, 2.24) is 15.6 Å². The largest absolute Gasteiger partial charge is 0.444 e. The summed E-state index contributed by atoms with van der Waals surface area (Å²) < 4.78 is 11.2. The zero-order valence-corrected chi connectivity index (χ0v) is 16.3. The van der Waals surface area contributed by atoms with Gasteiger partial charge in [-0.1, -0.05) is 13.8 Å². The van der Waals surface area contributed by atoms with Crippen molar-refractivity contribution < 1.29 is 18.7 Å². The summed E-state index contributed by atoms with van der Waals surface area (Å²) in [6, 6.07) is 0. The minimum atomic E-state index is -0.825. The molecule has 8 nitrogen and oxygen atoms in total. The number of aromatic nitrogens is 1. The molecule has 0 aromatic carbocycles. The van der Waals surface area contributed by atoms with Gasteiger partial charge in [-0.2, -0.15) is 0 Å². The van der Waals surface area contributed by atoms with E-state index >= 15 is 0 Å². The first-order valence-corrected chi connectivity index (χ1v) is 9.07. The van der Waals surface area contributed by atoms with Gasteiger partial charge in [-0.3, -0.25) is 4.79 Å². The monoisotopic (exact) mass is 366 g/mol. The molecule has 8 heteroatoms. The van der Waals surface area contributed by atoms with Gasteiger partial charge in [0.25, 0.3) is 5.91 Å². The number of nitrogens with two attached hydrogens (primary N) is 1. The molecule has 1 atom stereocenters. The third kappa shape index (κ3) is 4.17. The van der Waals surface area contributed by atoms with Gasteiger partial charge in [0.15, 0.2) is 5.69 Å². The van der Waals surface area contributed by atoms with Gasteiger partial charge in [0.05, 0.1) is 5.54 Å². The standard InChI is InChI=1S/C18H30N4O4/c1-11(2)18(8-6-10-21-18)15-22-13(14(23)20-5)12(25-15)7-9-17(3,4)26-16(19)24/h11,21H,6-10H2,1-5H3,(H2,19,24)(H,20,23). The van der Waals surface area contributed by atoms with E-state index in [9.17, 15) is 9.59 Å². The molecule has 0 saturated carbocycles. The smallest absolute Gasteiger partial charge is 0.405 e. The fourth-order valence-corrected chi connectivity index (χ4v) is 3.44. The van der Waals surface area contributed by atoms with Gasteiger partial charge in [0.2, 0.25) is 5.89 Å². The molecule has 2 rings (SSSR count). The van der Waals surface area contributed by atoms with E-state index in [1.807, 2.05) is 0 Å². The third-order valence-electron chi connectivity index (χ3n) is 5.03. The highest BCUT2D eigenvalue weighted by atomic mass is 16.6. The molecule has 2 amide bonds. The predicted molar refractivity (Wildman–Crippen MR) is 96.7 cm³/mol. The fourth-order valence-electron chi connectivity index (χ4n) is 3.44. The Balaban J connectivity index is 2.32. The van der Waals surface area contributed by atoms with Crippen molar-refractivity contribution in [3.63, 3.8) is 0 Å². The Morgan fingerprint density at radius 1 is 1.46 bits per heavy atom. The molecular formula is C18H30N4O4. The number of hydrogen-bond donors (Lipinski definition) is 3. The second-order valence-electron chi connectivity index (χ2n) is 7.71. The van der Waals surface area contributed by atoms with Crippen LogP contribution in [0.1, 0.15) is 69.1 Å². The highest BCUT2D eigenvalue weighted by Gasteiger charge is 2.43.